The molecule has 0 aliphatic heterocycles. The summed E-state index contributed by atoms with van der Waals surface area (Å²) >= 11 is 5.93. The van der Waals surface area contributed by atoms with Gasteiger partial charge in [-0.1, -0.05) is 30.7 Å². The third-order valence-electron chi connectivity index (χ3n) is 2.69. The molecule has 2 N–H and O–H groups in total. The normalized spacial score (nSPS) is 13.1. The van der Waals surface area contributed by atoms with Crippen molar-refractivity contribution in [3.8, 4) is 0 Å². The predicted molar refractivity (Wildman–Crippen MR) is 66.1 cm³/mol. The molecular formula is C12H19ClN2. The molecule has 3 heteroatoms. The van der Waals surface area contributed by atoms with Crippen LogP contribution < -0.4 is 5.73 Å². The molecule has 0 radical (unpaired) electrons. The summed E-state index contributed by atoms with van der Waals surface area (Å²) in [5.74, 6) is 0. The van der Waals surface area contributed by atoms with Crippen molar-refractivity contribution in [3.63, 3.8) is 0 Å². The van der Waals surface area contributed by atoms with Crippen LogP contribution in [0.2, 0.25) is 5.02 Å². The largest absolute Gasteiger partial charge is 0.329 e. The first-order chi connectivity index (χ1) is 7.17. The lowest BCUT2D eigenvalue weighted by Gasteiger charge is -2.25. The molecule has 1 aromatic carbocycles. The number of likely N-dealkylation sites (N-methyl/N-ethyl adjacent to an activating group) is 1. The topological polar surface area (TPSA) is 29.3 Å². The molecule has 0 saturated carbocycles. The molecule has 0 saturated heterocycles. The van der Waals surface area contributed by atoms with E-state index in [-0.39, 0.29) is 0 Å². The highest BCUT2D eigenvalue weighted by Gasteiger charge is 2.10. The van der Waals surface area contributed by atoms with Crippen LogP contribution in [0.3, 0.4) is 0 Å². The van der Waals surface area contributed by atoms with Crippen LogP contribution in [0.4, 0.5) is 0 Å². The van der Waals surface area contributed by atoms with Gasteiger partial charge in [0.2, 0.25) is 0 Å². The Kier molecular flexibility index (Phi) is 5.09. The molecule has 0 aliphatic carbocycles. The molecule has 0 fully saturated rings. The van der Waals surface area contributed by atoms with Crippen molar-refractivity contribution in [3.05, 3.63) is 34.9 Å². The molecule has 0 amide bonds. The number of nitrogens with zero attached hydrogens (tertiary/aromatic N) is 1. The first-order valence-corrected chi connectivity index (χ1v) is 5.70. The summed E-state index contributed by atoms with van der Waals surface area (Å²) in [5.41, 5.74) is 6.93. The summed E-state index contributed by atoms with van der Waals surface area (Å²) < 4.78 is 0. The van der Waals surface area contributed by atoms with Crippen LogP contribution in [0, 0.1) is 0 Å². The third-order valence-corrected chi connectivity index (χ3v) is 2.92. The number of halogens is 1. The fourth-order valence-corrected chi connectivity index (χ4v) is 1.92. The molecule has 0 aliphatic rings. The number of hydrogen-bond acceptors (Lipinski definition) is 2. The van der Waals surface area contributed by atoms with Crippen LogP contribution in [-0.2, 0) is 6.54 Å². The van der Waals surface area contributed by atoms with Crippen LogP contribution >= 0.6 is 11.6 Å². The summed E-state index contributed by atoms with van der Waals surface area (Å²) in [5, 5.41) is 0.793. The van der Waals surface area contributed by atoms with Gasteiger partial charge in [-0.3, -0.25) is 4.90 Å². The standard InChI is InChI=1S/C12H19ClN2/c1-3-12(8-14)15(2)9-10-5-4-6-11(13)7-10/h4-7,12H,3,8-9,14H2,1-2H3. The molecule has 1 unspecified atom stereocenters. The van der Waals surface area contributed by atoms with Crippen molar-refractivity contribution in [2.24, 2.45) is 5.73 Å². The average Bonchev–Trinajstić information content (AvgIpc) is 2.19. The molecule has 0 spiro atoms. The van der Waals surface area contributed by atoms with Gasteiger partial charge in [-0.05, 0) is 31.2 Å². The Hall–Kier alpha value is -0.570. The lowest BCUT2D eigenvalue weighted by atomic mass is 10.1. The van der Waals surface area contributed by atoms with E-state index in [1.54, 1.807) is 0 Å². The van der Waals surface area contributed by atoms with Gasteiger partial charge in [0.15, 0.2) is 0 Å². The maximum absolute atomic E-state index is 5.93. The fraction of sp³-hybridized carbons (Fsp3) is 0.500. The first-order valence-electron chi connectivity index (χ1n) is 5.32. The van der Waals surface area contributed by atoms with Gasteiger partial charge in [0.25, 0.3) is 0 Å². The molecule has 1 rings (SSSR count). The second-order valence-corrected chi connectivity index (χ2v) is 4.28. The van der Waals surface area contributed by atoms with E-state index in [0.29, 0.717) is 12.6 Å². The summed E-state index contributed by atoms with van der Waals surface area (Å²) in [6, 6.07) is 8.41. The molecule has 15 heavy (non-hydrogen) atoms. The zero-order chi connectivity index (χ0) is 11.3. The van der Waals surface area contributed by atoms with Crippen molar-refractivity contribution in [2.45, 2.75) is 25.9 Å². The maximum atomic E-state index is 5.93. The number of rotatable bonds is 5. The molecule has 0 aromatic heterocycles. The molecule has 1 aromatic rings. The van der Waals surface area contributed by atoms with Crippen LogP contribution in [0.15, 0.2) is 24.3 Å². The molecule has 1 atom stereocenters. The van der Waals surface area contributed by atoms with Crippen molar-refractivity contribution >= 4 is 11.6 Å². The zero-order valence-electron chi connectivity index (χ0n) is 9.41. The fourth-order valence-electron chi connectivity index (χ4n) is 1.71. The van der Waals surface area contributed by atoms with Gasteiger partial charge in [0.1, 0.15) is 0 Å². The molecule has 84 valence electrons. The average molecular weight is 227 g/mol. The van der Waals surface area contributed by atoms with E-state index in [1.165, 1.54) is 5.56 Å². The monoisotopic (exact) mass is 226 g/mol. The van der Waals surface area contributed by atoms with E-state index in [4.69, 9.17) is 17.3 Å². The van der Waals surface area contributed by atoms with Gasteiger partial charge in [0, 0.05) is 24.2 Å². The smallest absolute Gasteiger partial charge is 0.0409 e. The Morgan fingerprint density at radius 3 is 2.73 bits per heavy atom. The van der Waals surface area contributed by atoms with E-state index >= 15 is 0 Å². The second-order valence-electron chi connectivity index (χ2n) is 3.84. The second kappa shape index (κ2) is 6.11. The molecule has 0 heterocycles. The highest BCUT2D eigenvalue weighted by Crippen LogP contribution is 2.13. The summed E-state index contributed by atoms with van der Waals surface area (Å²) in [6.07, 6.45) is 1.08. The van der Waals surface area contributed by atoms with E-state index in [1.807, 2.05) is 18.2 Å². The molecule has 2 nitrogen and oxygen atoms in total. The Balaban J connectivity index is 2.61. The number of benzene rings is 1. The van der Waals surface area contributed by atoms with Crippen LogP contribution in [0.1, 0.15) is 18.9 Å². The Morgan fingerprint density at radius 1 is 1.47 bits per heavy atom. The van der Waals surface area contributed by atoms with E-state index in [0.717, 1.165) is 18.0 Å². The lowest BCUT2D eigenvalue weighted by molar-refractivity contribution is 0.233. The summed E-state index contributed by atoms with van der Waals surface area (Å²) in [7, 11) is 2.10. The van der Waals surface area contributed by atoms with Crippen molar-refractivity contribution in [1.82, 2.24) is 4.90 Å². The molecular weight excluding hydrogens is 208 g/mol. The Labute approximate surface area is 97.0 Å². The van der Waals surface area contributed by atoms with Crippen LogP contribution in [0.5, 0.6) is 0 Å². The van der Waals surface area contributed by atoms with Crippen LogP contribution in [-0.4, -0.2) is 24.5 Å². The van der Waals surface area contributed by atoms with E-state index in [9.17, 15) is 0 Å². The van der Waals surface area contributed by atoms with Crippen molar-refractivity contribution < 1.29 is 0 Å². The van der Waals surface area contributed by atoms with Crippen LogP contribution in [0.25, 0.3) is 0 Å². The number of nitrogens with two attached hydrogens (primary N) is 1. The van der Waals surface area contributed by atoms with Crippen molar-refractivity contribution in [1.29, 1.82) is 0 Å². The highest BCUT2D eigenvalue weighted by atomic mass is 35.5. The highest BCUT2D eigenvalue weighted by molar-refractivity contribution is 6.30. The van der Waals surface area contributed by atoms with E-state index in [2.05, 4.69) is 24.9 Å². The predicted octanol–water partition coefficient (Wildman–Crippen LogP) is 2.51. The van der Waals surface area contributed by atoms with Crippen molar-refractivity contribution in [2.75, 3.05) is 13.6 Å². The lowest BCUT2D eigenvalue weighted by Crippen LogP contribution is -2.36. The van der Waals surface area contributed by atoms with Gasteiger partial charge < -0.3 is 5.73 Å². The Bertz CT molecular complexity index is 297. The third kappa shape index (κ3) is 3.82. The molecule has 0 bridgehead atoms. The van der Waals surface area contributed by atoms with Gasteiger partial charge in [0.05, 0.1) is 0 Å². The first kappa shape index (κ1) is 12.5. The van der Waals surface area contributed by atoms with Gasteiger partial charge in [-0.25, -0.2) is 0 Å². The summed E-state index contributed by atoms with van der Waals surface area (Å²) in [6.45, 7) is 3.76. The quantitative estimate of drug-likeness (QED) is 0.836. The Morgan fingerprint density at radius 2 is 2.20 bits per heavy atom. The number of hydrogen-bond donors (Lipinski definition) is 1. The van der Waals surface area contributed by atoms with Gasteiger partial charge in [-0.15, -0.1) is 0 Å². The SMILES string of the molecule is CCC(CN)N(C)Cc1cccc(Cl)c1. The van der Waals surface area contributed by atoms with Gasteiger partial charge >= 0.3 is 0 Å². The van der Waals surface area contributed by atoms with E-state index < -0.39 is 0 Å². The minimum atomic E-state index is 0.448. The van der Waals surface area contributed by atoms with Gasteiger partial charge in [-0.2, -0.15) is 0 Å². The summed E-state index contributed by atoms with van der Waals surface area (Å²) in [4.78, 5) is 2.27. The minimum absolute atomic E-state index is 0.448. The minimum Gasteiger partial charge on any atom is -0.329 e. The maximum Gasteiger partial charge on any atom is 0.0409 e. The zero-order valence-corrected chi connectivity index (χ0v) is 10.2.